The molecule has 1 saturated carbocycles. The summed E-state index contributed by atoms with van der Waals surface area (Å²) in [5, 5.41) is 0. The van der Waals surface area contributed by atoms with Crippen LogP contribution in [0.1, 0.15) is 12.8 Å². The van der Waals surface area contributed by atoms with E-state index in [0.717, 1.165) is 0 Å². The number of methoxy groups -OCH3 is 2. The molecule has 5 nitrogen and oxygen atoms in total. The van der Waals surface area contributed by atoms with Gasteiger partial charge in [-0.05, 0) is 12.8 Å². The summed E-state index contributed by atoms with van der Waals surface area (Å²) in [4.78, 5) is 23.0. The molecule has 0 unspecified atom stereocenters. The first-order valence-electron chi connectivity index (χ1n) is 4.98. The third-order valence-corrected chi connectivity index (χ3v) is 3.15. The van der Waals surface area contributed by atoms with Crippen LogP contribution in [0.15, 0.2) is 0 Å². The second kappa shape index (κ2) is 3.81. The second-order valence-corrected chi connectivity index (χ2v) is 3.94. The van der Waals surface area contributed by atoms with Crippen LogP contribution in [0.4, 0.5) is 0 Å². The smallest absolute Gasteiger partial charge is 0.309 e. The zero-order chi connectivity index (χ0) is 11.0. The molecule has 1 heterocycles. The van der Waals surface area contributed by atoms with E-state index in [9.17, 15) is 9.59 Å². The van der Waals surface area contributed by atoms with Gasteiger partial charge in [-0.3, -0.25) is 9.59 Å². The van der Waals surface area contributed by atoms with Crippen molar-refractivity contribution in [2.24, 2.45) is 11.8 Å². The highest BCUT2D eigenvalue weighted by atomic mass is 16.6. The summed E-state index contributed by atoms with van der Waals surface area (Å²) in [6, 6.07) is 0. The summed E-state index contributed by atoms with van der Waals surface area (Å²) in [6.07, 6.45) is 1.40. The highest BCUT2D eigenvalue weighted by Gasteiger charge is 2.53. The fraction of sp³-hybridized carbons (Fsp3) is 0.800. The Balaban J connectivity index is 2.09. The number of hydrogen-bond acceptors (Lipinski definition) is 5. The number of carbonyl (C=O) groups is 2. The van der Waals surface area contributed by atoms with Crippen molar-refractivity contribution in [1.29, 1.82) is 0 Å². The van der Waals surface area contributed by atoms with Crippen LogP contribution in [-0.4, -0.2) is 38.4 Å². The Kier molecular flexibility index (Phi) is 2.65. The maximum absolute atomic E-state index is 11.5. The van der Waals surface area contributed by atoms with Crippen molar-refractivity contribution < 1.29 is 23.8 Å². The number of ether oxygens (including phenoxy) is 3. The SMILES string of the molecule is COC(=O)[C@H]1C[C@H]2O[C@@H]2C[C@H]1C(=O)OC. The van der Waals surface area contributed by atoms with Gasteiger partial charge in [0, 0.05) is 0 Å². The molecule has 0 aromatic heterocycles. The van der Waals surface area contributed by atoms with Gasteiger partial charge in [0.2, 0.25) is 0 Å². The quantitative estimate of drug-likeness (QED) is 0.482. The second-order valence-electron chi connectivity index (χ2n) is 3.94. The first-order valence-corrected chi connectivity index (χ1v) is 4.98. The molecule has 2 fully saturated rings. The summed E-state index contributed by atoms with van der Waals surface area (Å²) >= 11 is 0. The minimum absolute atomic E-state index is 0.134. The first-order chi connectivity index (χ1) is 7.17. The lowest BCUT2D eigenvalue weighted by molar-refractivity contribution is -0.158. The van der Waals surface area contributed by atoms with Crippen molar-refractivity contribution in [1.82, 2.24) is 0 Å². The van der Waals surface area contributed by atoms with Crippen molar-refractivity contribution in [3.63, 3.8) is 0 Å². The number of carbonyl (C=O) groups excluding carboxylic acids is 2. The number of fused-ring (bicyclic) bond motifs is 1. The third kappa shape index (κ3) is 1.84. The molecule has 1 saturated heterocycles. The Hall–Kier alpha value is -1.10. The summed E-state index contributed by atoms with van der Waals surface area (Å²) in [5.74, 6) is -1.52. The number of rotatable bonds is 2. The maximum atomic E-state index is 11.5. The highest BCUT2D eigenvalue weighted by Crippen LogP contribution is 2.43. The van der Waals surface area contributed by atoms with E-state index in [1.807, 2.05) is 0 Å². The normalized spacial score (nSPS) is 37.7. The summed E-state index contributed by atoms with van der Waals surface area (Å²) in [6.45, 7) is 0. The lowest BCUT2D eigenvalue weighted by Gasteiger charge is -2.24. The van der Waals surface area contributed by atoms with Crippen LogP contribution in [0.2, 0.25) is 0 Å². The van der Waals surface area contributed by atoms with Gasteiger partial charge in [-0.1, -0.05) is 0 Å². The van der Waals surface area contributed by atoms with E-state index in [1.54, 1.807) is 0 Å². The van der Waals surface area contributed by atoms with Gasteiger partial charge in [0.1, 0.15) is 0 Å². The molecule has 1 aliphatic heterocycles. The molecule has 0 aromatic rings. The van der Waals surface area contributed by atoms with E-state index >= 15 is 0 Å². The minimum atomic E-state index is -0.411. The van der Waals surface area contributed by atoms with Crippen molar-refractivity contribution in [3.05, 3.63) is 0 Å². The van der Waals surface area contributed by atoms with E-state index in [4.69, 9.17) is 4.74 Å². The summed E-state index contributed by atoms with van der Waals surface area (Å²) in [7, 11) is 2.66. The predicted octanol–water partition coefficient (Wildman–Crippen LogP) is 0.126. The van der Waals surface area contributed by atoms with E-state index in [2.05, 4.69) is 9.47 Å². The molecule has 0 spiro atoms. The summed E-state index contributed by atoms with van der Waals surface area (Å²) < 4.78 is 14.7. The van der Waals surface area contributed by atoms with Gasteiger partial charge in [0.25, 0.3) is 0 Å². The highest BCUT2D eigenvalue weighted by molar-refractivity contribution is 5.82. The lowest BCUT2D eigenvalue weighted by atomic mass is 9.79. The van der Waals surface area contributed by atoms with Gasteiger partial charge in [-0.25, -0.2) is 0 Å². The van der Waals surface area contributed by atoms with Crippen LogP contribution in [0.5, 0.6) is 0 Å². The fourth-order valence-corrected chi connectivity index (χ4v) is 2.25. The predicted molar refractivity (Wildman–Crippen MR) is 48.9 cm³/mol. The molecule has 0 bridgehead atoms. The Bertz CT molecular complexity index is 260. The van der Waals surface area contributed by atoms with E-state index in [0.29, 0.717) is 12.8 Å². The van der Waals surface area contributed by atoms with Gasteiger partial charge in [0.05, 0.1) is 38.3 Å². The van der Waals surface area contributed by atoms with Gasteiger partial charge in [0.15, 0.2) is 0 Å². The molecule has 0 radical (unpaired) electrons. The van der Waals surface area contributed by atoms with Gasteiger partial charge < -0.3 is 14.2 Å². The van der Waals surface area contributed by atoms with Gasteiger partial charge in [-0.2, -0.15) is 0 Å². The number of esters is 2. The van der Waals surface area contributed by atoms with Crippen LogP contribution in [-0.2, 0) is 23.8 Å². The minimum Gasteiger partial charge on any atom is -0.469 e. The zero-order valence-electron chi connectivity index (χ0n) is 8.76. The lowest BCUT2D eigenvalue weighted by Crippen LogP contribution is -2.36. The Morgan fingerprint density at radius 3 is 1.73 bits per heavy atom. The van der Waals surface area contributed by atoms with Crippen LogP contribution in [0, 0.1) is 11.8 Å². The van der Waals surface area contributed by atoms with Crippen molar-refractivity contribution in [3.8, 4) is 0 Å². The molecule has 84 valence electrons. The standard InChI is InChI=1S/C10H14O5/c1-13-9(11)5-3-7-8(15-7)4-6(5)10(12)14-2/h5-8H,3-4H2,1-2H3/t5-,6+,7-,8-/m1/s1. The number of epoxide rings is 1. The maximum Gasteiger partial charge on any atom is 0.309 e. The van der Waals surface area contributed by atoms with Gasteiger partial charge in [-0.15, -0.1) is 0 Å². The molecule has 1 aliphatic carbocycles. The number of hydrogen-bond donors (Lipinski definition) is 0. The first kappa shape index (κ1) is 10.4. The topological polar surface area (TPSA) is 65.1 Å². The van der Waals surface area contributed by atoms with Crippen molar-refractivity contribution >= 4 is 11.9 Å². The zero-order valence-corrected chi connectivity index (χ0v) is 8.76. The molecule has 15 heavy (non-hydrogen) atoms. The van der Waals surface area contributed by atoms with Gasteiger partial charge >= 0.3 is 11.9 Å². The molecule has 2 rings (SSSR count). The van der Waals surface area contributed by atoms with Crippen LogP contribution in [0.25, 0.3) is 0 Å². The third-order valence-electron chi connectivity index (χ3n) is 3.15. The molecule has 0 amide bonds. The largest absolute Gasteiger partial charge is 0.469 e. The molecular formula is C10H14O5. The average molecular weight is 214 g/mol. The molecule has 5 heteroatoms. The van der Waals surface area contributed by atoms with E-state index in [1.165, 1.54) is 14.2 Å². The van der Waals surface area contributed by atoms with E-state index < -0.39 is 11.8 Å². The van der Waals surface area contributed by atoms with Crippen LogP contribution in [0.3, 0.4) is 0 Å². The Labute approximate surface area is 87.7 Å². The molecule has 0 N–H and O–H groups in total. The summed E-state index contributed by atoms with van der Waals surface area (Å²) in [5.41, 5.74) is 0. The molecule has 4 atom stereocenters. The monoisotopic (exact) mass is 214 g/mol. The fourth-order valence-electron chi connectivity index (χ4n) is 2.25. The average Bonchev–Trinajstić information content (AvgIpc) is 3.03. The van der Waals surface area contributed by atoms with Crippen molar-refractivity contribution in [2.75, 3.05) is 14.2 Å². The molecular weight excluding hydrogens is 200 g/mol. The molecule has 0 aromatic carbocycles. The van der Waals surface area contributed by atoms with Crippen LogP contribution >= 0.6 is 0 Å². The molecule has 2 aliphatic rings. The Morgan fingerprint density at radius 2 is 1.40 bits per heavy atom. The van der Waals surface area contributed by atoms with Crippen molar-refractivity contribution in [2.45, 2.75) is 25.0 Å². The van der Waals surface area contributed by atoms with E-state index in [-0.39, 0.29) is 24.1 Å². The van der Waals surface area contributed by atoms with Crippen LogP contribution < -0.4 is 0 Å². The Morgan fingerprint density at radius 1 is 1.00 bits per heavy atom.